The number of pyridine rings is 1. The van der Waals surface area contributed by atoms with E-state index in [0.29, 0.717) is 19.1 Å². The number of halogens is 3. The summed E-state index contributed by atoms with van der Waals surface area (Å²) in [5, 5.41) is 0. The van der Waals surface area contributed by atoms with E-state index in [4.69, 9.17) is 0 Å². The molecule has 2 saturated heterocycles. The predicted octanol–water partition coefficient (Wildman–Crippen LogP) is 2.41. The Balaban J connectivity index is 1.68. The summed E-state index contributed by atoms with van der Waals surface area (Å²) in [6.07, 6.45) is 0.00104. The van der Waals surface area contributed by atoms with Crippen LogP contribution < -0.4 is 0 Å². The summed E-state index contributed by atoms with van der Waals surface area (Å²) in [5.41, 5.74) is -0.751. The molecular formula is C15H18F3N3O. The maximum atomic E-state index is 12.5. The summed E-state index contributed by atoms with van der Waals surface area (Å²) in [4.78, 5) is 19.9. The maximum absolute atomic E-state index is 12.5. The van der Waals surface area contributed by atoms with E-state index in [1.54, 1.807) is 4.90 Å². The first kappa shape index (κ1) is 15.3. The number of amides is 1. The van der Waals surface area contributed by atoms with Crippen molar-refractivity contribution in [3.63, 3.8) is 0 Å². The number of hydrogen-bond acceptors (Lipinski definition) is 3. The van der Waals surface area contributed by atoms with Gasteiger partial charge in [0.15, 0.2) is 0 Å². The van der Waals surface area contributed by atoms with Gasteiger partial charge in [0.1, 0.15) is 5.69 Å². The van der Waals surface area contributed by atoms with Gasteiger partial charge in [0.2, 0.25) is 0 Å². The minimum atomic E-state index is -4.48. The van der Waals surface area contributed by atoms with Gasteiger partial charge in [0.25, 0.3) is 5.91 Å². The van der Waals surface area contributed by atoms with E-state index < -0.39 is 11.9 Å². The molecule has 0 N–H and O–H groups in total. The van der Waals surface area contributed by atoms with Gasteiger partial charge in [-0.1, -0.05) is 6.42 Å². The second kappa shape index (κ2) is 5.87. The molecule has 3 rings (SSSR count). The van der Waals surface area contributed by atoms with Crippen molar-refractivity contribution in [3.8, 4) is 0 Å². The Morgan fingerprint density at radius 1 is 1.18 bits per heavy atom. The number of nitrogens with zero attached hydrogens (tertiary/aromatic N) is 3. The van der Waals surface area contributed by atoms with Crippen molar-refractivity contribution in [2.45, 2.75) is 31.5 Å². The summed E-state index contributed by atoms with van der Waals surface area (Å²) in [5.74, 6) is -0.230. The second-order valence-electron chi connectivity index (χ2n) is 5.87. The minimum Gasteiger partial charge on any atom is -0.336 e. The molecule has 1 atom stereocenters. The fourth-order valence-corrected chi connectivity index (χ4v) is 3.21. The van der Waals surface area contributed by atoms with Gasteiger partial charge in [-0.25, -0.2) is 0 Å². The lowest BCUT2D eigenvalue weighted by Crippen LogP contribution is -2.56. The van der Waals surface area contributed by atoms with Crippen molar-refractivity contribution in [2.24, 2.45) is 0 Å². The van der Waals surface area contributed by atoms with Crippen molar-refractivity contribution in [3.05, 3.63) is 29.6 Å². The topological polar surface area (TPSA) is 36.4 Å². The van der Waals surface area contributed by atoms with Gasteiger partial charge in [0.05, 0.1) is 5.56 Å². The molecule has 2 aliphatic rings. The summed E-state index contributed by atoms with van der Waals surface area (Å²) >= 11 is 0. The van der Waals surface area contributed by atoms with Crippen molar-refractivity contribution < 1.29 is 18.0 Å². The Hall–Kier alpha value is -1.63. The fourth-order valence-electron chi connectivity index (χ4n) is 3.21. The number of fused-ring (bicyclic) bond motifs is 1. The Labute approximate surface area is 126 Å². The molecule has 0 spiro atoms. The number of piperazine rings is 1. The lowest BCUT2D eigenvalue weighted by atomic mass is 9.99. The molecule has 1 amide bonds. The Bertz CT molecular complexity index is 544. The molecule has 1 unspecified atom stereocenters. The van der Waals surface area contributed by atoms with E-state index in [1.165, 1.54) is 18.9 Å². The lowest BCUT2D eigenvalue weighted by molar-refractivity contribution is -0.141. The maximum Gasteiger partial charge on any atom is 0.433 e. The first-order valence-corrected chi connectivity index (χ1v) is 7.52. The molecular weight excluding hydrogens is 295 g/mol. The molecule has 0 bridgehead atoms. The smallest absolute Gasteiger partial charge is 0.336 e. The molecule has 0 aliphatic carbocycles. The van der Waals surface area contributed by atoms with Gasteiger partial charge in [-0.05, 0) is 31.5 Å². The SMILES string of the molecule is O=C(c1ccc(C(F)(F)F)nc1)N1CCN2CCCCC2C1. The van der Waals surface area contributed by atoms with Gasteiger partial charge in [-0.15, -0.1) is 0 Å². The van der Waals surface area contributed by atoms with Crippen LogP contribution in [0.3, 0.4) is 0 Å². The molecule has 2 aliphatic heterocycles. The van der Waals surface area contributed by atoms with Crippen LogP contribution in [0, 0.1) is 0 Å². The monoisotopic (exact) mass is 313 g/mol. The van der Waals surface area contributed by atoms with E-state index in [0.717, 1.165) is 31.8 Å². The Morgan fingerprint density at radius 3 is 2.68 bits per heavy atom. The van der Waals surface area contributed by atoms with Crippen LogP contribution in [0.5, 0.6) is 0 Å². The average Bonchev–Trinajstić information content (AvgIpc) is 2.53. The number of rotatable bonds is 1. The van der Waals surface area contributed by atoms with Crippen molar-refractivity contribution in [1.29, 1.82) is 0 Å². The highest BCUT2D eigenvalue weighted by atomic mass is 19.4. The highest BCUT2D eigenvalue weighted by Crippen LogP contribution is 2.27. The summed E-state index contributed by atoms with van der Waals surface area (Å²) in [7, 11) is 0. The molecule has 2 fully saturated rings. The van der Waals surface area contributed by atoms with Gasteiger partial charge in [0, 0.05) is 31.9 Å². The quantitative estimate of drug-likeness (QED) is 0.799. The van der Waals surface area contributed by atoms with Crippen LogP contribution in [-0.2, 0) is 6.18 Å². The first-order valence-electron chi connectivity index (χ1n) is 7.52. The molecule has 22 heavy (non-hydrogen) atoms. The van der Waals surface area contributed by atoms with Crippen molar-refractivity contribution in [1.82, 2.24) is 14.8 Å². The number of carbonyl (C=O) groups is 1. The zero-order chi connectivity index (χ0) is 15.7. The number of hydrogen-bond donors (Lipinski definition) is 0. The number of piperidine rings is 1. The third-order valence-electron chi connectivity index (χ3n) is 4.43. The Kier molecular flexibility index (Phi) is 4.08. The highest BCUT2D eigenvalue weighted by Gasteiger charge is 2.34. The van der Waals surface area contributed by atoms with Crippen molar-refractivity contribution in [2.75, 3.05) is 26.2 Å². The van der Waals surface area contributed by atoms with E-state index >= 15 is 0 Å². The predicted molar refractivity (Wildman–Crippen MR) is 74.4 cm³/mol. The van der Waals surface area contributed by atoms with Crippen molar-refractivity contribution >= 4 is 5.91 Å². The third kappa shape index (κ3) is 3.09. The number of alkyl halides is 3. The van der Waals surface area contributed by atoms with E-state index in [2.05, 4.69) is 9.88 Å². The third-order valence-corrected chi connectivity index (χ3v) is 4.43. The molecule has 120 valence electrons. The van der Waals surface area contributed by atoms with Crippen LogP contribution >= 0.6 is 0 Å². The van der Waals surface area contributed by atoms with Crippen LogP contribution in [0.1, 0.15) is 35.3 Å². The molecule has 0 saturated carbocycles. The zero-order valence-corrected chi connectivity index (χ0v) is 12.1. The molecule has 7 heteroatoms. The molecule has 0 radical (unpaired) electrons. The largest absolute Gasteiger partial charge is 0.433 e. The average molecular weight is 313 g/mol. The van der Waals surface area contributed by atoms with Crippen LogP contribution in [0.25, 0.3) is 0 Å². The first-order chi connectivity index (χ1) is 10.4. The normalized spacial score (nSPS) is 23.2. The molecule has 4 nitrogen and oxygen atoms in total. The summed E-state index contributed by atoms with van der Waals surface area (Å²) in [6, 6.07) is 2.46. The molecule has 3 heterocycles. The lowest BCUT2D eigenvalue weighted by Gasteiger charge is -2.44. The van der Waals surface area contributed by atoms with Gasteiger partial charge >= 0.3 is 6.18 Å². The van der Waals surface area contributed by atoms with Crippen LogP contribution in [0.4, 0.5) is 13.2 Å². The van der Waals surface area contributed by atoms with E-state index in [1.807, 2.05) is 0 Å². The zero-order valence-electron chi connectivity index (χ0n) is 12.1. The fraction of sp³-hybridized carbons (Fsp3) is 0.600. The number of aromatic nitrogens is 1. The standard InChI is InChI=1S/C15H18F3N3O/c16-15(17,18)13-5-4-11(9-19-13)14(22)21-8-7-20-6-2-1-3-12(20)10-21/h4-5,9,12H,1-3,6-8,10H2. The Morgan fingerprint density at radius 2 is 2.00 bits per heavy atom. The van der Waals surface area contributed by atoms with Crippen LogP contribution in [-0.4, -0.2) is 52.9 Å². The van der Waals surface area contributed by atoms with Gasteiger partial charge in [-0.3, -0.25) is 14.7 Å². The van der Waals surface area contributed by atoms with E-state index in [9.17, 15) is 18.0 Å². The summed E-state index contributed by atoms with van der Waals surface area (Å²) in [6.45, 7) is 3.19. The number of carbonyl (C=O) groups excluding carboxylic acids is 1. The van der Waals surface area contributed by atoms with Gasteiger partial charge < -0.3 is 4.90 Å². The van der Waals surface area contributed by atoms with Gasteiger partial charge in [-0.2, -0.15) is 13.2 Å². The highest BCUT2D eigenvalue weighted by molar-refractivity contribution is 5.94. The van der Waals surface area contributed by atoms with Crippen LogP contribution in [0.2, 0.25) is 0 Å². The van der Waals surface area contributed by atoms with E-state index in [-0.39, 0.29) is 11.5 Å². The second-order valence-corrected chi connectivity index (χ2v) is 5.87. The molecule has 0 aromatic carbocycles. The van der Waals surface area contributed by atoms with Crippen LogP contribution in [0.15, 0.2) is 18.3 Å². The molecule has 1 aromatic heterocycles. The molecule has 1 aromatic rings. The minimum absolute atomic E-state index is 0.220. The summed E-state index contributed by atoms with van der Waals surface area (Å²) < 4.78 is 37.5.